The maximum absolute atomic E-state index is 11.3. The van der Waals surface area contributed by atoms with Crippen molar-refractivity contribution in [3.63, 3.8) is 0 Å². The molecular formula is C28H26N8O. The van der Waals surface area contributed by atoms with Gasteiger partial charge in [-0.3, -0.25) is 19.7 Å². The molecule has 1 aliphatic heterocycles. The van der Waals surface area contributed by atoms with Gasteiger partial charge in [-0.1, -0.05) is 24.3 Å². The van der Waals surface area contributed by atoms with E-state index in [1.807, 2.05) is 55.0 Å². The van der Waals surface area contributed by atoms with Gasteiger partial charge in [0.05, 0.1) is 17.2 Å². The molecule has 1 aliphatic rings. The van der Waals surface area contributed by atoms with Gasteiger partial charge in [0.1, 0.15) is 17.8 Å². The largest absolute Gasteiger partial charge is 0.364 e. The van der Waals surface area contributed by atoms with Crippen LogP contribution in [-0.2, 0) is 6.54 Å². The van der Waals surface area contributed by atoms with E-state index in [0.29, 0.717) is 0 Å². The Balaban J connectivity index is 1.17. The SMILES string of the molecule is NC(=O)c1cn(-c2ccc(-c3ccc4ncc(N5CCN(Cc6cccnc6)CC5)nc4c3)cc2)cn1. The van der Waals surface area contributed by atoms with Crippen molar-refractivity contribution in [2.75, 3.05) is 31.1 Å². The van der Waals surface area contributed by atoms with Crippen LogP contribution < -0.4 is 10.6 Å². The molecule has 0 atom stereocenters. The van der Waals surface area contributed by atoms with Crippen molar-refractivity contribution in [2.45, 2.75) is 6.54 Å². The molecule has 0 unspecified atom stereocenters. The van der Waals surface area contributed by atoms with Crippen LogP contribution >= 0.6 is 0 Å². The third-order valence-corrected chi connectivity index (χ3v) is 6.69. The predicted octanol–water partition coefficient (Wildman–Crippen LogP) is 3.30. The van der Waals surface area contributed by atoms with Crippen LogP contribution in [0.1, 0.15) is 16.1 Å². The van der Waals surface area contributed by atoms with Gasteiger partial charge in [0, 0.05) is 57.0 Å². The van der Waals surface area contributed by atoms with Crippen molar-refractivity contribution < 1.29 is 4.79 Å². The summed E-state index contributed by atoms with van der Waals surface area (Å²) in [4.78, 5) is 34.0. The normalized spacial score (nSPS) is 14.2. The first-order valence-corrected chi connectivity index (χ1v) is 12.2. The Morgan fingerprint density at radius 1 is 0.892 bits per heavy atom. The van der Waals surface area contributed by atoms with E-state index in [1.165, 1.54) is 5.56 Å². The summed E-state index contributed by atoms with van der Waals surface area (Å²) >= 11 is 0. The molecule has 3 aromatic heterocycles. The van der Waals surface area contributed by atoms with Gasteiger partial charge in [-0.15, -0.1) is 0 Å². The van der Waals surface area contributed by atoms with Crippen LogP contribution in [0.5, 0.6) is 0 Å². The molecule has 4 heterocycles. The number of aromatic nitrogens is 5. The second-order valence-electron chi connectivity index (χ2n) is 9.13. The maximum atomic E-state index is 11.3. The number of hydrogen-bond donors (Lipinski definition) is 1. The number of nitrogens with zero attached hydrogens (tertiary/aromatic N) is 7. The molecule has 184 valence electrons. The van der Waals surface area contributed by atoms with Crippen LogP contribution in [0.3, 0.4) is 0 Å². The highest BCUT2D eigenvalue weighted by atomic mass is 16.1. The number of fused-ring (bicyclic) bond motifs is 1. The number of anilines is 1. The lowest BCUT2D eigenvalue weighted by Gasteiger charge is -2.35. The first kappa shape index (κ1) is 22.8. The molecule has 0 aliphatic carbocycles. The molecule has 9 heteroatoms. The number of primary amides is 1. The Hall–Kier alpha value is -4.63. The highest BCUT2D eigenvalue weighted by Crippen LogP contribution is 2.26. The van der Waals surface area contributed by atoms with E-state index in [1.54, 1.807) is 17.1 Å². The van der Waals surface area contributed by atoms with Gasteiger partial charge in [0.15, 0.2) is 0 Å². The number of rotatable bonds is 6. The molecule has 1 fully saturated rings. The van der Waals surface area contributed by atoms with Crippen molar-refractivity contribution in [1.29, 1.82) is 0 Å². The molecule has 0 radical (unpaired) electrons. The Morgan fingerprint density at radius 3 is 2.43 bits per heavy atom. The zero-order chi connectivity index (χ0) is 25.2. The topological polar surface area (TPSA) is 106 Å². The minimum atomic E-state index is -0.543. The standard InChI is InChI=1S/C28H26N8O/c29-28(37)26-18-36(19-32-26)23-6-3-21(4-7-23)22-5-8-24-25(14-22)33-27(16-31-24)35-12-10-34(11-13-35)17-20-2-1-9-30-15-20/h1-9,14-16,18-19H,10-13,17H2,(H2,29,37). The second-order valence-corrected chi connectivity index (χ2v) is 9.13. The summed E-state index contributed by atoms with van der Waals surface area (Å²) in [6, 6.07) is 18.3. The van der Waals surface area contributed by atoms with E-state index < -0.39 is 5.91 Å². The van der Waals surface area contributed by atoms with E-state index in [4.69, 9.17) is 10.7 Å². The van der Waals surface area contributed by atoms with Crippen molar-refractivity contribution in [3.8, 4) is 16.8 Å². The molecule has 2 N–H and O–H groups in total. The van der Waals surface area contributed by atoms with Crippen LogP contribution in [0.4, 0.5) is 5.82 Å². The third-order valence-electron chi connectivity index (χ3n) is 6.69. The Bertz CT molecular complexity index is 1540. The zero-order valence-corrected chi connectivity index (χ0v) is 20.2. The van der Waals surface area contributed by atoms with Gasteiger partial charge >= 0.3 is 0 Å². The predicted molar refractivity (Wildman–Crippen MR) is 142 cm³/mol. The molecule has 9 nitrogen and oxygen atoms in total. The van der Waals surface area contributed by atoms with Crippen LogP contribution in [0, 0.1) is 0 Å². The quantitative estimate of drug-likeness (QED) is 0.389. The number of amides is 1. The van der Waals surface area contributed by atoms with Gasteiger partial charge in [-0.05, 0) is 47.0 Å². The average molecular weight is 491 g/mol. The number of hydrogen-bond acceptors (Lipinski definition) is 7. The number of benzene rings is 2. The number of carbonyl (C=O) groups is 1. The number of nitrogens with two attached hydrogens (primary N) is 1. The highest BCUT2D eigenvalue weighted by molar-refractivity contribution is 5.90. The molecule has 0 spiro atoms. The summed E-state index contributed by atoms with van der Waals surface area (Å²) in [5.41, 5.74) is 11.6. The van der Waals surface area contributed by atoms with Crippen molar-refractivity contribution in [3.05, 3.63) is 97.0 Å². The molecule has 2 aromatic carbocycles. The molecule has 5 aromatic rings. The summed E-state index contributed by atoms with van der Waals surface area (Å²) < 4.78 is 1.78. The van der Waals surface area contributed by atoms with E-state index >= 15 is 0 Å². The molecule has 0 bridgehead atoms. The average Bonchev–Trinajstić information content (AvgIpc) is 3.45. The molecule has 6 rings (SSSR count). The van der Waals surface area contributed by atoms with E-state index in [0.717, 1.165) is 66.4 Å². The lowest BCUT2D eigenvalue weighted by atomic mass is 10.0. The van der Waals surface area contributed by atoms with Crippen LogP contribution in [0.15, 0.2) is 85.7 Å². The van der Waals surface area contributed by atoms with Gasteiger partial charge in [0.25, 0.3) is 5.91 Å². The summed E-state index contributed by atoms with van der Waals surface area (Å²) in [6.07, 6.45) is 8.83. The van der Waals surface area contributed by atoms with Crippen LogP contribution in [0.25, 0.3) is 27.8 Å². The highest BCUT2D eigenvalue weighted by Gasteiger charge is 2.19. The number of carbonyl (C=O) groups excluding carboxylic acids is 1. The Labute approximate surface area is 214 Å². The summed E-state index contributed by atoms with van der Waals surface area (Å²) in [7, 11) is 0. The fourth-order valence-corrected chi connectivity index (χ4v) is 4.64. The first-order valence-electron chi connectivity index (χ1n) is 12.2. The van der Waals surface area contributed by atoms with E-state index in [9.17, 15) is 4.79 Å². The molecule has 0 saturated carbocycles. The van der Waals surface area contributed by atoms with Crippen molar-refractivity contribution in [2.24, 2.45) is 5.73 Å². The van der Waals surface area contributed by atoms with E-state index in [2.05, 4.69) is 43.0 Å². The Morgan fingerprint density at radius 2 is 1.70 bits per heavy atom. The van der Waals surface area contributed by atoms with Crippen LogP contribution in [-0.4, -0.2) is 61.5 Å². The zero-order valence-electron chi connectivity index (χ0n) is 20.2. The van der Waals surface area contributed by atoms with Gasteiger partial charge < -0.3 is 15.2 Å². The third kappa shape index (κ3) is 4.89. The molecular weight excluding hydrogens is 464 g/mol. The fraction of sp³-hybridized carbons (Fsp3) is 0.179. The lowest BCUT2D eigenvalue weighted by molar-refractivity contribution is 0.0996. The molecule has 37 heavy (non-hydrogen) atoms. The maximum Gasteiger partial charge on any atom is 0.268 e. The van der Waals surface area contributed by atoms with Gasteiger partial charge in [-0.2, -0.15) is 0 Å². The second kappa shape index (κ2) is 9.79. The number of pyridine rings is 1. The summed E-state index contributed by atoms with van der Waals surface area (Å²) in [5.74, 6) is 0.366. The minimum absolute atomic E-state index is 0.239. The first-order chi connectivity index (χ1) is 18.1. The minimum Gasteiger partial charge on any atom is -0.364 e. The van der Waals surface area contributed by atoms with Gasteiger partial charge in [0.2, 0.25) is 0 Å². The molecule has 1 amide bonds. The number of imidazole rings is 1. The smallest absolute Gasteiger partial charge is 0.268 e. The Kier molecular flexibility index (Phi) is 6.03. The van der Waals surface area contributed by atoms with Crippen LogP contribution in [0.2, 0.25) is 0 Å². The lowest BCUT2D eigenvalue weighted by Crippen LogP contribution is -2.46. The van der Waals surface area contributed by atoms with E-state index in [-0.39, 0.29) is 5.69 Å². The molecule has 1 saturated heterocycles. The summed E-state index contributed by atoms with van der Waals surface area (Å²) in [6.45, 7) is 4.68. The van der Waals surface area contributed by atoms with Crippen molar-refractivity contribution in [1.82, 2.24) is 29.4 Å². The fourth-order valence-electron chi connectivity index (χ4n) is 4.64. The number of piperazine rings is 1. The van der Waals surface area contributed by atoms with Gasteiger partial charge in [-0.25, -0.2) is 9.97 Å². The summed E-state index contributed by atoms with van der Waals surface area (Å²) in [5, 5.41) is 0. The monoisotopic (exact) mass is 490 g/mol. The van der Waals surface area contributed by atoms with Crippen molar-refractivity contribution >= 4 is 22.8 Å².